The summed E-state index contributed by atoms with van der Waals surface area (Å²) in [4.78, 5) is 17.3. The van der Waals surface area contributed by atoms with Gasteiger partial charge in [-0.2, -0.15) is 0 Å². The van der Waals surface area contributed by atoms with Gasteiger partial charge in [-0.1, -0.05) is 41.6 Å². The fraction of sp³-hybridized carbons (Fsp3) is 0.130. The van der Waals surface area contributed by atoms with E-state index >= 15 is 0 Å². The van der Waals surface area contributed by atoms with Gasteiger partial charge < -0.3 is 10.1 Å². The van der Waals surface area contributed by atoms with E-state index in [9.17, 15) is 4.79 Å². The number of methoxy groups -OCH3 is 1. The second-order valence-corrected chi connectivity index (χ2v) is 8.02. The van der Waals surface area contributed by atoms with Crippen LogP contribution in [0.3, 0.4) is 0 Å². The van der Waals surface area contributed by atoms with Gasteiger partial charge in [-0.25, -0.2) is 4.98 Å². The number of anilines is 1. The fourth-order valence-electron chi connectivity index (χ4n) is 3.14. The number of carbonyl (C=O) groups is 1. The van der Waals surface area contributed by atoms with E-state index in [4.69, 9.17) is 21.3 Å². The number of hydrogen-bond acceptors (Lipinski definition) is 4. The first-order valence-electron chi connectivity index (χ1n) is 9.36. The minimum absolute atomic E-state index is 0.112. The molecule has 4 rings (SSSR count). The van der Waals surface area contributed by atoms with Crippen LogP contribution in [0.4, 0.5) is 5.69 Å². The summed E-state index contributed by atoms with van der Waals surface area (Å²) >= 11 is 7.54. The Balaban J connectivity index is 1.59. The molecule has 4 aromatic rings. The Morgan fingerprint density at radius 1 is 1.10 bits per heavy atom. The summed E-state index contributed by atoms with van der Waals surface area (Å²) < 4.78 is 7.32. The summed E-state index contributed by atoms with van der Waals surface area (Å²) in [5.74, 6) is 0.901. The van der Waals surface area contributed by atoms with Gasteiger partial charge in [-0.15, -0.1) is 0 Å². The molecule has 7 heteroatoms. The van der Waals surface area contributed by atoms with Gasteiger partial charge in [-0.3, -0.25) is 9.36 Å². The van der Waals surface area contributed by atoms with Crippen LogP contribution in [0, 0.1) is 6.92 Å². The van der Waals surface area contributed by atoms with E-state index in [-0.39, 0.29) is 11.7 Å². The van der Waals surface area contributed by atoms with Crippen LogP contribution in [0.15, 0.2) is 71.9 Å². The van der Waals surface area contributed by atoms with Crippen molar-refractivity contribution < 1.29 is 9.53 Å². The molecule has 152 valence electrons. The lowest BCUT2D eigenvalue weighted by Gasteiger charge is -2.11. The SMILES string of the molecule is COc1ccc(-n2c(SCC(=O)Nc3cccc(Cl)c3C)nc3ccccc32)cc1. The number of fused-ring (bicyclic) bond motifs is 1. The molecule has 0 unspecified atom stereocenters. The monoisotopic (exact) mass is 437 g/mol. The van der Waals surface area contributed by atoms with Gasteiger partial charge in [0, 0.05) is 16.4 Å². The van der Waals surface area contributed by atoms with Crippen LogP contribution < -0.4 is 10.1 Å². The van der Waals surface area contributed by atoms with E-state index in [1.165, 1.54) is 11.8 Å². The van der Waals surface area contributed by atoms with E-state index in [1.54, 1.807) is 13.2 Å². The number of benzene rings is 3. The summed E-state index contributed by atoms with van der Waals surface area (Å²) in [7, 11) is 1.64. The van der Waals surface area contributed by atoms with Crippen molar-refractivity contribution in [2.45, 2.75) is 12.1 Å². The molecule has 0 aliphatic carbocycles. The van der Waals surface area contributed by atoms with Gasteiger partial charge in [0.05, 0.1) is 23.9 Å². The van der Waals surface area contributed by atoms with Crippen LogP contribution in [0.5, 0.6) is 5.75 Å². The van der Waals surface area contributed by atoms with Crippen molar-refractivity contribution in [3.8, 4) is 11.4 Å². The summed E-state index contributed by atoms with van der Waals surface area (Å²) in [6.45, 7) is 1.88. The molecule has 30 heavy (non-hydrogen) atoms. The van der Waals surface area contributed by atoms with E-state index in [2.05, 4.69) is 9.88 Å². The highest BCUT2D eigenvalue weighted by atomic mass is 35.5. The number of nitrogens with zero attached hydrogens (tertiary/aromatic N) is 2. The predicted molar refractivity (Wildman–Crippen MR) is 123 cm³/mol. The molecule has 1 heterocycles. The van der Waals surface area contributed by atoms with Crippen LogP contribution >= 0.6 is 23.4 Å². The Hall–Kier alpha value is -2.96. The molecule has 0 fully saturated rings. The Labute approximate surface area is 184 Å². The summed E-state index contributed by atoms with van der Waals surface area (Å²) in [5.41, 5.74) is 4.39. The molecular formula is C23H20ClN3O2S. The maximum absolute atomic E-state index is 12.6. The smallest absolute Gasteiger partial charge is 0.234 e. The zero-order valence-corrected chi connectivity index (χ0v) is 18.1. The molecule has 3 aromatic carbocycles. The maximum atomic E-state index is 12.6. The number of ether oxygens (including phenoxy) is 1. The normalized spacial score (nSPS) is 10.9. The number of imidazole rings is 1. The van der Waals surface area contributed by atoms with Gasteiger partial charge >= 0.3 is 0 Å². The molecule has 1 aromatic heterocycles. The highest BCUT2D eigenvalue weighted by Crippen LogP contribution is 2.29. The van der Waals surface area contributed by atoms with E-state index < -0.39 is 0 Å². The van der Waals surface area contributed by atoms with Crippen molar-refractivity contribution in [3.63, 3.8) is 0 Å². The number of hydrogen-bond donors (Lipinski definition) is 1. The summed E-state index contributed by atoms with van der Waals surface area (Å²) in [6.07, 6.45) is 0. The number of aromatic nitrogens is 2. The van der Waals surface area contributed by atoms with Crippen molar-refractivity contribution in [1.29, 1.82) is 0 Å². The molecule has 0 radical (unpaired) electrons. The number of thioether (sulfide) groups is 1. The molecule has 0 saturated heterocycles. The number of rotatable bonds is 6. The lowest BCUT2D eigenvalue weighted by atomic mass is 10.2. The first-order valence-corrected chi connectivity index (χ1v) is 10.7. The Kier molecular flexibility index (Phi) is 5.97. The largest absolute Gasteiger partial charge is 0.497 e. The zero-order valence-electron chi connectivity index (χ0n) is 16.6. The molecule has 5 nitrogen and oxygen atoms in total. The van der Waals surface area contributed by atoms with Gasteiger partial charge in [0.25, 0.3) is 0 Å². The first-order chi connectivity index (χ1) is 14.6. The standard InChI is InChI=1S/C23H20ClN3O2S/c1-15-18(24)6-5-8-19(15)25-22(28)14-30-23-26-20-7-3-4-9-21(20)27(23)16-10-12-17(29-2)13-11-16/h3-13H,14H2,1-2H3,(H,25,28). The number of amides is 1. The van der Waals surface area contributed by atoms with Crippen LogP contribution in [0.2, 0.25) is 5.02 Å². The number of halogens is 1. The quantitative estimate of drug-likeness (QED) is 0.391. The van der Waals surface area contributed by atoms with Crippen LogP contribution in [-0.2, 0) is 4.79 Å². The second-order valence-electron chi connectivity index (χ2n) is 6.67. The van der Waals surface area contributed by atoms with Gasteiger partial charge in [0.15, 0.2) is 5.16 Å². The third kappa shape index (κ3) is 4.15. The molecule has 0 aliphatic heterocycles. The lowest BCUT2D eigenvalue weighted by Crippen LogP contribution is -2.15. The summed E-state index contributed by atoms with van der Waals surface area (Å²) in [5, 5.41) is 4.31. The average Bonchev–Trinajstić information content (AvgIpc) is 3.14. The number of nitrogens with one attached hydrogen (secondary N) is 1. The van der Waals surface area contributed by atoms with Gasteiger partial charge in [0.1, 0.15) is 5.75 Å². The molecule has 0 spiro atoms. The number of carbonyl (C=O) groups excluding carboxylic acids is 1. The van der Waals surface area contributed by atoms with Crippen LogP contribution in [0.1, 0.15) is 5.56 Å². The van der Waals surface area contributed by atoms with E-state index in [0.29, 0.717) is 5.02 Å². The highest BCUT2D eigenvalue weighted by Gasteiger charge is 2.15. The van der Waals surface area contributed by atoms with Crippen molar-refractivity contribution in [2.75, 3.05) is 18.2 Å². The Morgan fingerprint density at radius 2 is 1.87 bits per heavy atom. The predicted octanol–water partition coefficient (Wildman–Crippen LogP) is 5.73. The van der Waals surface area contributed by atoms with E-state index in [1.807, 2.05) is 67.6 Å². The fourth-order valence-corrected chi connectivity index (χ4v) is 4.14. The molecule has 0 atom stereocenters. The van der Waals surface area contributed by atoms with Crippen LogP contribution in [-0.4, -0.2) is 28.3 Å². The lowest BCUT2D eigenvalue weighted by molar-refractivity contribution is -0.113. The van der Waals surface area contributed by atoms with Crippen molar-refractivity contribution in [3.05, 3.63) is 77.3 Å². The minimum Gasteiger partial charge on any atom is -0.497 e. The average molecular weight is 438 g/mol. The van der Waals surface area contributed by atoms with E-state index in [0.717, 1.165) is 38.9 Å². The molecule has 1 amide bonds. The molecular weight excluding hydrogens is 418 g/mol. The van der Waals surface area contributed by atoms with Crippen molar-refractivity contribution in [1.82, 2.24) is 9.55 Å². The van der Waals surface area contributed by atoms with Crippen molar-refractivity contribution >= 4 is 46.0 Å². The highest BCUT2D eigenvalue weighted by molar-refractivity contribution is 7.99. The Bertz CT molecular complexity index is 1210. The minimum atomic E-state index is -0.112. The molecule has 1 N–H and O–H groups in total. The molecule has 0 saturated carbocycles. The molecule has 0 bridgehead atoms. The van der Waals surface area contributed by atoms with Crippen molar-refractivity contribution in [2.24, 2.45) is 0 Å². The third-order valence-corrected chi connectivity index (χ3v) is 6.08. The molecule has 0 aliphatic rings. The topological polar surface area (TPSA) is 56.1 Å². The van der Waals surface area contributed by atoms with Gasteiger partial charge in [0.2, 0.25) is 5.91 Å². The maximum Gasteiger partial charge on any atom is 0.234 e. The van der Waals surface area contributed by atoms with Gasteiger partial charge in [-0.05, 0) is 61.0 Å². The Morgan fingerprint density at radius 3 is 2.63 bits per heavy atom. The number of para-hydroxylation sites is 2. The van der Waals surface area contributed by atoms with Crippen LogP contribution in [0.25, 0.3) is 16.7 Å². The summed E-state index contributed by atoms with van der Waals surface area (Å²) in [6, 6.07) is 21.2. The third-order valence-electron chi connectivity index (χ3n) is 4.73. The first kappa shape index (κ1) is 20.3. The second kappa shape index (κ2) is 8.81. The zero-order chi connectivity index (χ0) is 21.1.